The van der Waals surface area contributed by atoms with Crippen molar-refractivity contribution < 1.29 is 4.79 Å². The van der Waals surface area contributed by atoms with Crippen molar-refractivity contribution in [2.45, 2.75) is 82.8 Å². The van der Waals surface area contributed by atoms with Gasteiger partial charge >= 0.3 is 0 Å². The smallest absolute Gasteiger partial charge is 0.240 e. The molecule has 9 nitrogen and oxygen atoms in total. The predicted molar refractivity (Wildman–Crippen MR) is 178 cm³/mol. The molecular formula is C35H45ClN8O. The van der Waals surface area contributed by atoms with Gasteiger partial charge in [0.1, 0.15) is 12.7 Å². The maximum Gasteiger partial charge on any atom is 0.240 e. The topological polar surface area (TPSA) is 95.0 Å². The molecule has 2 saturated heterocycles. The molecule has 2 N–H and O–H groups in total. The van der Waals surface area contributed by atoms with E-state index in [1.54, 1.807) is 6.33 Å². The summed E-state index contributed by atoms with van der Waals surface area (Å²) in [6, 6.07) is 16.1. The van der Waals surface area contributed by atoms with Crippen LogP contribution in [0.15, 0.2) is 61.2 Å². The Hall–Kier alpha value is -3.43. The number of benzene rings is 2. The van der Waals surface area contributed by atoms with E-state index in [-0.39, 0.29) is 23.4 Å². The van der Waals surface area contributed by atoms with Crippen LogP contribution in [0.1, 0.15) is 63.4 Å². The maximum absolute atomic E-state index is 14.3. The van der Waals surface area contributed by atoms with Crippen LogP contribution in [0.3, 0.4) is 0 Å². The van der Waals surface area contributed by atoms with Crippen LogP contribution in [0.25, 0.3) is 11.0 Å². The van der Waals surface area contributed by atoms with Crippen molar-refractivity contribution in [3.05, 3.63) is 71.8 Å². The van der Waals surface area contributed by atoms with Crippen molar-refractivity contribution in [1.82, 2.24) is 34.9 Å². The number of piperidine rings is 2. The number of carbonyl (C=O) groups excluding carboxylic acids is 1. The second-order valence-corrected chi connectivity index (χ2v) is 13.9. The Morgan fingerprint density at radius 1 is 0.978 bits per heavy atom. The zero-order valence-electron chi connectivity index (χ0n) is 26.1. The molecule has 10 heteroatoms. The Morgan fingerprint density at radius 3 is 2.44 bits per heavy atom. The molecular weight excluding hydrogens is 584 g/mol. The number of amides is 1. The van der Waals surface area contributed by atoms with Gasteiger partial charge in [0.15, 0.2) is 0 Å². The standard InChI is InChI=1S/C35H45ClN8O/c36-28-12-10-26(11-13-28)22-32(39-29-14-18-43(19-15-29)34-40-30-8-4-5-9-31(30)41-34)33(45)42-20-16-35(17-21-42,23-44-25-37-24-38-44)27-6-2-1-3-7-27/h4-5,8-13,24-25,27,29,32,39H,1-3,6-7,14-23H2,(H,40,41)/t32-/m1/s1. The Balaban J connectivity index is 1.03. The predicted octanol–water partition coefficient (Wildman–Crippen LogP) is 5.87. The van der Waals surface area contributed by atoms with Crippen LogP contribution >= 0.6 is 11.6 Å². The van der Waals surface area contributed by atoms with Gasteiger partial charge in [-0.2, -0.15) is 5.10 Å². The van der Waals surface area contributed by atoms with Crippen molar-refractivity contribution in [3.63, 3.8) is 0 Å². The number of rotatable bonds is 9. The van der Waals surface area contributed by atoms with E-state index in [1.165, 1.54) is 32.1 Å². The first-order chi connectivity index (χ1) is 22.0. The van der Waals surface area contributed by atoms with Crippen molar-refractivity contribution in [1.29, 1.82) is 0 Å². The molecule has 1 saturated carbocycles. The Bertz CT molecular complexity index is 1500. The van der Waals surface area contributed by atoms with E-state index in [1.807, 2.05) is 41.3 Å². The Labute approximate surface area is 270 Å². The van der Waals surface area contributed by atoms with Crippen LogP contribution in [0.4, 0.5) is 5.95 Å². The molecule has 4 heterocycles. The first-order valence-electron chi connectivity index (χ1n) is 16.9. The number of imidazole rings is 1. The lowest BCUT2D eigenvalue weighted by atomic mass is 9.63. The lowest BCUT2D eigenvalue weighted by molar-refractivity contribution is -0.137. The van der Waals surface area contributed by atoms with Crippen LogP contribution in [0.5, 0.6) is 0 Å². The zero-order valence-corrected chi connectivity index (χ0v) is 26.8. The Morgan fingerprint density at radius 2 is 1.73 bits per heavy atom. The summed E-state index contributed by atoms with van der Waals surface area (Å²) in [7, 11) is 0. The second kappa shape index (κ2) is 13.5. The molecule has 2 aliphatic heterocycles. The molecule has 0 bridgehead atoms. The number of H-pyrrole nitrogens is 1. The molecule has 238 valence electrons. The summed E-state index contributed by atoms with van der Waals surface area (Å²) in [6.07, 6.45) is 14.7. The number of carbonyl (C=O) groups is 1. The van der Waals surface area contributed by atoms with Gasteiger partial charge < -0.3 is 20.1 Å². The van der Waals surface area contributed by atoms with Gasteiger partial charge in [-0.15, -0.1) is 0 Å². The molecule has 45 heavy (non-hydrogen) atoms. The van der Waals surface area contributed by atoms with Gasteiger partial charge in [0.2, 0.25) is 11.9 Å². The second-order valence-electron chi connectivity index (χ2n) is 13.5. The third-order valence-electron chi connectivity index (χ3n) is 10.7. The number of hydrogen-bond acceptors (Lipinski definition) is 6. The SMILES string of the molecule is O=C([C@@H](Cc1ccc(Cl)cc1)NC1CCN(c2nc3ccccc3[nH]2)CC1)N1CCC(Cn2cncn2)(C2CCCCC2)CC1. The molecule has 4 aromatic rings. The molecule has 0 unspecified atom stereocenters. The van der Waals surface area contributed by atoms with E-state index in [0.29, 0.717) is 12.3 Å². The number of aromatic nitrogens is 5. The molecule has 0 spiro atoms. The number of anilines is 1. The van der Waals surface area contributed by atoms with Crippen molar-refractivity contribution >= 4 is 34.5 Å². The summed E-state index contributed by atoms with van der Waals surface area (Å²) in [5, 5.41) is 9.03. The van der Waals surface area contributed by atoms with E-state index in [0.717, 1.165) is 86.0 Å². The molecule has 1 atom stereocenters. The fourth-order valence-corrected chi connectivity index (χ4v) is 8.27. The Kier molecular flexibility index (Phi) is 9.08. The van der Waals surface area contributed by atoms with Crippen LogP contribution in [-0.4, -0.2) is 73.8 Å². The number of fused-ring (bicyclic) bond motifs is 1. The first-order valence-corrected chi connectivity index (χ1v) is 17.2. The number of halogens is 1. The number of nitrogens with zero attached hydrogens (tertiary/aromatic N) is 6. The van der Waals surface area contributed by atoms with Gasteiger partial charge in [-0.25, -0.2) is 9.97 Å². The molecule has 3 fully saturated rings. The van der Waals surface area contributed by atoms with Crippen LogP contribution in [0, 0.1) is 11.3 Å². The monoisotopic (exact) mass is 628 g/mol. The lowest BCUT2D eigenvalue weighted by Gasteiger charge is -2.48. The highest BCUT2D eigenvalue weighted by molar-refractivity contribution is 6.30. The summed E-state index contributed by atoms with van der Waals surface area (Å²) in [6.45, 7) is 4.29. The van der Waals surface area contributed by atoms with E-state index in [4.69, 9.17) is 16.6 Å². The number of hydrogen-bond donors (Lipinski definition) is 2. The summed E-state index contributed by atoms with van der Waals surface area (Å²) in [4.78, 5) is 31.3. The molecule has 7 rings (SSSR count). The van der Waals surface area contributed by atoms with Gasteiger partial charge in [0, 0.05) is 43.8 Å². The minimum absolute atomic E-state index is 0.174. The van der Waals surface area contributed by atoms with Crippen molar-refractivity contribution in [2.75, 3.05) is 31.1 Å². The van der Waals surface area contributed by atoms with E-state index in [2.05, 4.69) is 48.4 Å². The first kappa shape index (κ1) is 30.2. The molecule has 2 aromatic heterocycles. The van der Waals surface area contributed by atoms with Gasteiger partial charge in [0.25, 0.3) is 0 Å². The lowest BCUT2D eigenvalue weighted by Crippen LogP contribution is -2.56. The molecule has 1 aliphatic carbocycles. The van der Waals surface area contributed by atoms with E-state index in [9.17, 15) is 4.79 Å². The largest absolute Gasteiger partial charge is 0.342 e. The van der Waals surface area contributed by atoms with Gasteiger partial charge in [-0.05, 0) is 86.1 Å². The van der Waals surface area contributed by atoms with Gasteiger partial charge in [-0.1, -0.05) is 55.1 Å². The summed E-state index contributed by atoms with van der Waals surface area (Å²) >= 11 is 6.21. The molecule has 1 amide bonds. The molecule has 2 aromatic carbocycles. The third kappa shape index (κ3) is 6.89. The highest BCUT2D eigenvalue weighted by Gasteiger charge is 2.44. The number of aromatic amines is 1. The maximum atomic E-state index is 14.3. The van der Waals surface area contributed by atoms with Crippen LogP contribution in [0.2, 0.25) is 5.02 Å². The van der Waals surface area contributed by atoms with Crippen LogP contribution in [-0.2, 0) is 17.8 Å². The molecule has 3 aliphatic rings. The summed E-state index contributed by atoms with van der Waals surface area (Å²) in [5.74, 6) is 1.85. The van der Waals surface area contributed by atoms with Gasteiger partial charge in [-0.3, -0.25) is 9.48 Å². The minimum atomic E-state index is -0.272. The molecule has 0 radical (unpaired) electrons. The fourth-order valence-electron chi connectivity index (χ4n) is 8.15. The van der Waals surface area contributed by atoms with Gasteiger partial charge in [0.05, 0.1) is 17.1 Å². The normalized spacial score (nSPS) is 20.5. The number of likely N-dealkylation sites (tertiary alicyclic amines) is 1. The summed E-state index contributed by atoms with van der Waals surface area (Å²) < 4.78 is 2.02. The number of para-hydroxylation sites is 2. The fraction of sp³-hybridized carbons (Fsp3) is 0.543. The summed E-state index contributed by atoms with van der Waals surface area (Å²) in [5.41, 5.74) is 3.37. The van der Waals surface area contributed by atoms with E-state index >= 15 is 0 Å². The minimum Gasteiger partial charge on any atom is -0.342 e. The third-order valence-corrected chi connectivity index (χ3v) is 11.0. The van der Waals surface area contributed by atoms with E-state index < -0.39 is 0 Å². The van der Waals surface area contributed by atoms with Crippen molar-refractivity contribution in [3.8, 4) is 0 Å². The zero-order chi connectivity index (χ0) is 30.6. The highest BCUT2D eigenvalue weighted by Crippen LogP contribution is 2.47. The number of nitrogens with one attached hydrogen (secondary N) is 2. The van der Waals surface area contributed by atoms with Crippen LogP contribution < -0.4 is 10.2 Å². The average molecular weight is 629 g/mol. The quantitative estimate of drug-likeness (QED) is 0.241. The van der Waals surface area contributed by atoms with Crippen molar-refractivity contribution in [2.24, 2.45) is 11.3 Å². The average Bonchev–Trinajstić information content (AvgIpc) is 3.76. The highest BCUT2D eigenvalue weighted by atomic mass is 35.5.